The van der Waals surface area contributed by atoms with Crippen LogP contribution >= 0.6 is 11.3 Å². The zero-order valence-electron chi connectivity index (χ0n) is 21.7. The second kappa shape index (κ2) is 13.8. The number of carbonyl (C=O) groups excluding carboxylic acids is 3. The smallest absolute Gasteiger partial charge is 0.284 e. The van der Waals surface area contributed by atoms with Crippen molar-refractivity contribution in [2.24, 2.45) is 0 Å². The van der Waals surface area contributed by atoms with E-state index in [9.17, 15) is 14.4 Å². The molecule has 2 heterocycles. The molecule has 2 aliphatic carbocycles. The molecule has 0 aromatic carbocycles. The highest BCUT2D eigenvalue weighted by Gasteiger charge is 2.41. The van der Waals surface area contributed by atoms with Crippen molar-refractivity contribution in [1.29, 1.82) is 0 Å². The number of hydrogen-bond donors (Lipinski definition) is 2. The maximum Gasteiger partial charge on any atom is 0.284 e. The molecule has 1 saturated carbocycles. The average Bonchev–Trinajstić information content (AvgIpc) is 3.65. The van der Waals surface area contributed by atoms with E-state index in [1.165, 1.54) is 20.9 Å². The van der Waals surface area contributed by atoms with Crippen molar-refractivity contribution in [3.8, 4) is 0 Å². The van der Waals surface area contributed by atoms with Crippen LogP contribution in [0, 0.1) is 0 Å². The molecule has 1 unspecified atom stereocenters. The molecule has 2 atom stereocenters. The Kier molecular flexibility index (Phi) is 10.3. The summed E-state index contributed by atoms with van der Waals surface area (Å²) in [6.45, 7) is 4.56. The topological polar surface area (TPSA) is 87.7 Å². The van der Waals surface area contributed by atoms with E-state index in [1.807, 2.05) is 0 Å². The van der Waals surface area contributed by atoms with Gasteiger partial charge in [-0.1, -0.05) is 43.7 Å². The normalized spacial score (nSPS) is 23.6. The molecular formula is C29H39N3O4S. The number of amides is 2. The number of ether oxygens (including phenoxy) is 1. The van der Waals surface area contributed by atoms with Crippen LogP contribution in [-0.2, 0) is 25.5 Å². The second-order valence-electron chi connectivity index (χ2n) is 9.87. The van der Waals surface area contributed by atoms with Crippen LogP contribution in [0.15, 0.2) is 36.4 Å². The van der Waals surface area contributed by atoms with Crippen LogP contribution < -0.4 is 10.6 Å². The highest BCUT2D eigenvalue weighted by molar-refractivity contribution is 7.12. The van der Waals surface area contributed by atoms with Crippen molar-refractivity contribution in [3.05, 3.63) is 51.8 Å². The van der Waals surface area contributed by atoms with Crippen LogP contribution in [0.2, 0.25) is 0 Å². The van der Waals surface area contributed by atoms with E-state index in [0.29, 0.717) is 26.0 Å². The first kappa shape index (κ1) is 27.5. The minimum Gasteiger partial charge on any atom is -0.366 e. The fraction of sp³-hybridized carbons (Fsp3) is 0.552. The third-order valence-corrected chi connectivity index (χ3v) is 8.27. The average molecular weight is 526 g/mol. The number of morpholine rings is 1. The van der Waals surface area contributed by atoms with Crippen LogP contribution in [0.1, 0.15) is 73.2 Å². The van der Waals surface area contributed by atoms with E-state index in [1.54, 1.807) is 11.3 Å². The molecule has 0 spiro atoms. The molecule has 3 aliphatic rings. The number of aryl methyl sites for hydroxylation is 1. The number of thiophene rings is 1. The predicted octanol–water partition coefficient (Wildman–Crippen LogP) is 4.11. The molecule has 1 saturated heterocycles. The van der Waals surface area contributed by atoms with Crippen LogP contribution in [-0.4, -0.2) is 61.4 Å². The molecule has 1 aliphatic heterocycles. The molecule has 1 aromatic heterocycles. The summed E-state index contributed by atoms with van der Waals surface area (Å²) in [6, 6.07) is 2.61. The summed E-state index contributed by atoms with van der Waals surface area (Å²) in [5, 5.41) is 5.96. The molecule has 37 heavy (non-hydrogen) atoms. The number of nitrogens with one attached hydrogen (secondary N) is 2. The van der Waals surface area contributed by atoms with Gasteiger partial charge in [0.15, 0.2) is 0 Å². The molecule has 0 bridgehead atoms. The lowest BCUT2D eigenvalue weighted by molar-refractivity contribution is -0.148. The molecule has 1 aromatic rings. The molecule has 200 valence electrons. The van der Waals surface area contributed by atoms with Crippen molar-refractivity contribution in [3.63, 3.8) is 0 Å². The van der Waals surface area contributed by atoms with Crippen molar-refractivity contribution in [1.82, 2.24) is 15.5 Å². The summed E-state index contributed by atoms with van der Waals surface area (Å²) in [4.78, 5) is 40.3. The monoisotopic (exact) mass is 525 g/mol. The van der Waals surface area contributed by atoms with Gasteiger partial charge in [0.1, 0.15) is 6.10 Å². The van der Waals surface area contributed by atoms with Crippen molar-refractivity contribution >= 4 is 35.0 Å². The number of allylic oxidation sites excluding steroid dienone is 6. The molecule has 2 fully saturated rings. The number of nitrogens with zero attached hydrogens (tertiary/aromatic N) is 1. The number of rotatable bonds is 12. The van der Waals surface area contributed by atoms with E-state index in [4.69, 9.17) is 4.74 Å². The van der Waals surface area contributed by atoms with Gasteiger partial charge in [0, 0.05) is 35.4 Å². The first-order chi connectivity index (χ1) is 18.1. The summed E-state index contributed by atoms with van der Waals surface area (Å²) < 4.78 is 5.87. The Morgan fingerprint density at radius 2 is 2.16 bits per heavy atom. The minimum atomic E-state index is -0.578. The largest absolute Gasteiger partial charge is 0.366 e. The zero-order valence-corrected chi connectivity index (χ0v) is 22.6. The highest BCUT2D eigenvalue weighted by Crippen LogP contribution is 2.42. The Balaban J connectivity index is 1.63. The molecule has 2 N–H and O–H groups in total. The van der Waals surface area contributed by atoms with Gasteiger partial charge in [0.05, 0.1) is 12.6 Å². The van der Waals surface area contributed by atoms with Crippen LogP contribution in [0.25, 0.3) is 5.57 Å². The van der Waals surface area contributed by atoms with Crippen LogP contribution in [0.4, 0.5) is 0 Å². The Bertz CT molecular complexity index is 1030. The van der Waals surface area contributed by atoms with Crippen LogP contribution in [0.5, 0.6) is 0 Å². The lowest BCUT2D eigenvalue weighted by Crippen LogP contribution is -2.51. The number of hydrogen-bond acceptors (Lipinski definition) is 6. The van der Waals surface area contributed by atoms with Gasteiger partial charge in [-0.2, -0.15) is 0 Å². The van der Waals surface area contributed by atoms with Gasteiger partial charge in [0.25, 0.3) is 11.8 Å². The highest BCUT2D eigenvalue weighted by atomic mass is 32.1. The van der Waals surface area contributed by atoms with Gasteiger partial charge in [0.2, 0.25) is 6.29 Å². The quantitative estimate of drug-likeness (QED) is 0.244. The summed E-state index contributed by atoms with van der Waals surface area (Å²) in [5.74, 6) is -0.470. The first-order valence-corrected chi connectivity index (χ1v) is 14.5. The summed E-state index contributed by atoms with van der Waals surface area (Å²) in [5.41, 5.74) is 2.42. The Morgan fingerprint density at radius 3 is 2.89 bits per heavy atom. The maximum absolute atomic E-state index is 13.7. The summed E-state index contributed by atoms with van der Waals surface area (Å²) in [7, 11) is 0. The lowest BCUT2D eigenvalue weighted by Gasteiger charge is -2.35. The first-order valence-electron chi connectivity index (χ1n) is 13.7. The Hall–Kier alpha value is -2.55. The van der Waals surface area contributed by atoms with Crippen molar-refractivity contribution in [2.75, 3.05) is 26.2 Å². The van der Waals surface area contributed by atoms with Gasteiger partial charge >= 0.3 is 0 Å². The SMILES string of the molecule is CCCC(c1cc(C2=C/CC/C=C/C=C\2)c(CCCNC(=O)C=O)s1)N(C(=O)[C@H]1CNCCO1)C1CC1. The maximum atomic E-state index is 13.7. The fourth-order valence-corrected chi connectivity index (χ4v) is 6.37. The van der Waals surface area contributed by atoms with Gasteiger partial charge in [-0.15, -0.1) is 11.3 Å². The van der Waals surface area contributed by atoms with E-state index in [2.05, 4.69) is 58.9 Å². The zero-order chi connectivity index (χ0) is 26.0. The molecule has 8 heteroatoms. The van der Waals surface area contributed by atoms with Gasteiger partial charge in [-0.25, -0.2) is 0 Å². The van der Waals surface area contributed by atoms with Gasteiger partial charge in [-0.3, -0.25) is 14.4 Å². The standard InChI is InChI=1S/C29H39N3O4S/c1-2-9-24(32(22-13-14-22)29(35)25-19-30-16-17-36-25)27-18-23(21-10-6-4-3-5-7-11-21)26(37-27)12-8-15-31-28(34)20-33/h3-4,6,10-11,18,20,22,24-25,30H,2,5,7-9,12-17,19H2,1H3,(H,31,34)/b4-3+,10-6-,21-11+/t24?,25-/m1/s1. The molecule has 4 rings (SSSR count). The second-order valence-corrected chi connectivity index (χ2v) is 11.0. The van der Waals surface area contributed by atoms with E-state index < -0.39 is 12.0 Å². The Labute approximate surface area is 224 Å². The van der Waals surface area contributed by atoms with Gasteiger partial charge < -0.3 is 20.3 Å². The van der Waals surface area contributed by atoms with E-state index in [-0.39, 0.29) is 18.0 Å². The van der Waals surface area contributed by atoms with E-state index >= 15 is 0 Å². The summed E-state index contributed by atoms with van der Waals surface area (Å²) in [6.07, 6.45) is 18.3. The molecule has 7 nitrogen and oxygen atoms in total. The molecule has 2 amide bonds. The fourth-order valence-electron chi connectivity index (χ4n) is 5.01. The predicted molar refractivity (Wildman–Crippen MR) is 147 cm³/mol. The van der Waals surface area contributed by atoms with E-state index in [0.717, 1.165) is 57.9 Å². The summed E-state index contributed by atoms with van der Waals surface area (Å²) >= 11 is 1.79. The number of aldehydes is 1. The molecular weight excluding hydrogens is 486 g/mol. The molecule has 0 radical (unpaired) electrons. The Morgan fingerprint density at radius 1 is 1.30 bits per heavy atom. The lowest BCUT2D eigenvalue weighted by atomic mass is 9.98. The van der Waals surface area contributed by atoms with Gasteiger partial charge in [-0.05, 0) is 62.1 Å². The van der Waals surface area contributed by atoms with Crippen LogP contribution in [0.3, 0.4) is 0 Å². The number of carbonyl (C=O) groups is 3. The third kappa shape index (κ3) is 7.49. The van der Waals surface area contributed by atoms with Crippen molar-refractivity contribution < 1.29 is 19.1 Å². The third-order valence-electron chi connectivity index (χ3n) is 6.97. The van der Waals surface area contributed by atoms with Crippen molar-refractivity contribution in [2.45, 2.75) is 76.5 Å². The minimum absolute atomic E-state index is 0.0285.